The number of nitrogens with zero attached hydrogens (tertiary/aromatic N) is 6. The summed E-state index contributed by atoms with van der Waals surface area (Å²) in [5.74, 6) is 2.22. The van der Waals surface area contributed by atoms with E-state index in [1.54, 1.807) is 17.2 Å². The molecule has 0 spiro atoms. The number of rotatable bonds is 5. The van der Waals surface area contributed by atoms with Crippen LogP contribution in [0.15, 0.2) is 18.6 Å². The second kappa shape index (κ2) is 5.99. The van der Waals surface area contributed by atoms with Crippen molar-refractivity contribution in [3.05, 3.63) is 35.3 Å². The number of imidazole rings is 1. The lowest BCUT2D eigenvalue weighted by molar-refractivity contribution is 0.642. The van der Waals surface area contributed by atoms with Gasteiger partial charge >= 0.3 is 0 Å². The van der Waals surface area contributed by atoms with Crippen LogP contribution in [0.2, 0.25) is 5.02 Å². The van der Waals surface area contributed by atoms with E-state index in [1.807, 2.05) is 13.1 Å². The molecule has 8 heteroatoms. The van der Waals surface area contributed by atoms with Gasteiger partial charge in [-0.25, -0.2) is 15.0 Å². The van der Waals surface area contributed by atoms with Gasteiger partial charge in [-0.05, 0) is 6.07 Å². The summed E-state index contributed by atoms with van der Waals surface area (Å²) >= 11 is 11.8. The zero-order chi connectivity index (χ0) is 14.8. The second-order valence-corrected chi connectivity index (χ2v) is 5.51. The summed E-state index contributed by atoms with van der Waals surface area (Å²) in [5, 5.41) is 4.86. The molecule has 0 bridgehead atoms. The molecule has 0 aromatic carbocycles. The van der Waals surface area contributed by atoms with Crippen LogP contribution < -0.4 is 0 Å². The highest BCUT2D eigenvalue weighted by atomic mass is 35.5. The fraction of sp³-hybridized carbons (Fsp3) is 0.385. The summed E-state index contributed by atoms with van der Waals surface area (Å²) in [6.45, 7) is 0.710. The molecule has 110 valence electrons. The predicted molar refractivity (Wildman–Crippen MR) is 81.7 cm³/mol. The van der Waals surface area contributed by atoms with Crippen LogP contribution in [-0.4, -0.2) is 35.2 Å². The molecule has 0 unspecified atom stereocenters. The van der Waals surface area contributed by atoms with Crippen LogP contribution in [0.1, 0.15) is 11.6 Å². The lowest BCUT2D eigenvalue weighted by Gasteiger charge is -2.06. The second-order valence-electron chi connectivity index (χ2n) is 4.70. The van der Waals surface area contributed by atoms with Gasteiger partial charge in [0.25, 0.3) is 0 Å². The normalized spacial score (nSPS) is 11.4. The Balaban J connectivity index is 1.92. The number of hydrogen-bond acceptors (Lipinski definition) is 4. The first-order chi connectivity index (χ1) is 10.2. The van der Waals surface area contributed by atoms with Gasteiger partial charge in [-0.3, -0.25) is 4.68 Å². The van der Waals surface area contributed by atoms with Crippen LogP contribution in [0, 0.1) is 0 Å². The van der Waals surface area contributed by atoms with E-state index >= 15 is 0 Å². The summed E-state index contributed by atoms with van der Waals surface area (Å²) in [4.78, 5) is 13.2. The Labute approximate surface area is 131 Å². The van der Waals surface area contributed by atoms with Crippen LogP contribution in [0.25, 0.3) is 11.2 Å². The highest BCUT2D eigenvalue weighted by molar-refractivity contribution is 6.31. The zero-order valence-electron chi connectivity index (χ0n) is 11.5. The van der Waals surface area contributed by atoms with Crippen molar-refractivity contribution in [2.45, 2.75) is 19.4 Å². The quantitative estimate of drug-likeness (QED) is 0.675. The Hall–Kier alpha value is -1.66. The topological polar surface area (TPSA) is 61.4 Å². The van der Waals surface area contributed by atoms with Gasteiger partial charge in [0, 0.05) is 38.5 Å². The molecule has 0 saturated heterocycles. The highest BCUT2D eigenvalue weighted by Gasteiger charge is 2.12. The summed E-state index contributed by atoms with van der Waals surface area (Å²) in [7, 11) is 1.85. The van der Waals surface area contributed by atoms with Crippen molar-refractivity contribution >= 4 is 34.4 Å². The number of pyridine rings is 1. The fourth-order valence-electron chi connectivity index (χ4n) is 2.25. The van der Waals surface area contributed by atoms with Crippen LogP contribution in [-0.2, 0) is 26.4 Å². The Morgan fingerprint density at radius 2 is 2.10 bits per heavy atom. The highest BCUT2D eigenvalue weighted by Crippen LogP contribution is 2.19. The zero-order valence-corrected chi connectivity index (χ0v) is 13.0. The predicted octanol–water partition coefficient (Wildman–Crippen LogP) is 2.24. The van der Waals surface area contributed by atoms with Gasteiger partial charge in [-0.1, -0.05) is 11.6 Å². The van der Waals surface area contributed by atoms with Crippen LogP contribution in [0.3, 0.4) is 0 Å². The SMILES string of the molecule is Cn1cnc(CCn2c(CCCl)nc3cc(Cl)cnc32)n1. The minimum atomic E-state index is 0.513. The smallest absolute Gasteiger partial charge is 0.160 e. The third-order valence-corrected chi connectivity index (χ3v) is 3.55. The van der Waals surface area contributed by atoms with Gasteiger partial charge in [-0.2, -0.15) is 5.10 Å². The van der Waals surface area contributed by atoms with Gasteiger partial charge in [-0.15, -0.1) is 11.6 Å². The van der Waals surface area contributed by atoms with Crippen molar-refractivity contribution in [1.82, 2.24) is 29.3 Å². The number of halogens is 2. The fourth-order valence-corrected chi connectivity index (χ4v) is 2.58. The summed E-state index contributed by atoms with van der Waals surface area (Å²) in [6.07, 6.45) is 4.72. The first-order valence-electron chi connectivity index (χ1n) is 6.58. The van der Waals surface area contributed by atoms with Crippen molar-refractivity contribution in [3.8, 4) is 0 Å². The lowest BCUT2D eigenvalue weighted by atomic mass is 10.3. The molecule has 0 N–H and O–H groups in total. The molecule has 21 heavy (non-hydrogen) atoms. The maximum Gasteiger partial charge on any atom is 0.160 e. The molecular formula is C13H14Cl2N6. The Morgan fingerprint density at radius 1 is 1.24 bits per heavy atom. The van der Waals surface area contributed by atoms with Gasteiger partial charge in [0.05, 0.1) is 5.02 Å². The Kier molecular flexibility index (Phi) is 4.07. The van der Waals surface area contributed by atoms with E-state index in [2.05, 4.69) is 24.6 Å². The summed E-state index contributed by atoms with van der Waals surface area (Å²) in [5.41, 5.74) is 1.60. The number of alkyl halides is 1. The maximum absolute atomic E-state index is 5.97. The van der Waals surface area contributed by atoms with Crippen molar-refractivity contribution in [3.63, 3.8) is 0 Å². The van der Waals surface area contributed by atoms with Crippen molar-refractivity contribution in [1.29, 1.82) is 0 Å². The first-order valence-corrected chi connectivity index (χ1v) is 7.50. The number of aromatic nitrogens is 6. The maximum atomic E-state index is 5.97. The molecule has 3 aromatic heterocycles. The molecule has 0 aliphatic heterocycles. The molecule has 0 fully saturated rings. The summed E-state index contributed by atoms with van der Waals surface area (Å²) < 4.78 is 3.75. The van der Waals surface area contributed by atoms with E-state index in [0.29, 0.717) is 30.3 Å². The van der Waals surface area contributed by atoms with Crippen LogP contribution >= 0.6 is 23.2 Å². The van der Waals surface area contributed by atoms with Crippen molar-refractivity contribution in [2.24, 2.45) is 7.05 Å². The van der Waals surface area contributed by atoms with Gasteiger partial charge < -0.3 is 4.57 Å². The average molecular weight is 325 g/mol. The minimum absolute atomic E-state index is 0.513. The molecule has 3 aromatic rings. The number of aryl methyl sites for hydroxylation is 4. The van der Waals surface area contributed by atoms with Gasteiger partial charge in [0.1, 0.15) is 17.7 Å². The molecule has 0 aliphatic carbocycles. The van der Waals surface area contributed by atoms with Crippen LogP contribution in [0.4, 0.5) is 0 Å². The van der Waals surface area contributed by atoms with Crippen LogP contribution in [0.5, 0.6) is 0 Å². The molecular weight excluding hydrogens is 311 g/mol. The first kappa shape index (κ1) is 14.3. The standard InChI is InChI=1S/C13H14Cl2N6/c1-20-8-17-11(19-20)3-5-21-12(2-4-14)18-10-6-9(15)7-16-13(10)21/h6-8H,2-5H2,1H3. The molecule has 0 aliphatic rings. The van der Waals surface area contributed by atoms with E-state index in [-0.39, 0.29) is 0 Å². The molecule has 6 nitrogen and oxygen atoms in total. The van der Waals surface area contributed by atoms with Gasteiger partial charge in [0.15, 0.2) is 11.5 Å². The average Bonchev–Trinajstić information content (AvgIpc) is 3.00. The molecule has 0 radical (unpaired) electrons. The molecule has 3 heterocycles. The molecule has 3 rings (SSSR count). The third kappa shape index (κ3) is 3.01. The monoisotopic (exact) mass is 324 g/mol. The van der Waals surface area contributed by atoms with E-state index in [9.17, 15) is 0 Å². The lowest BCUT2D eigenvalue weighted by Crippen LogP contribution is -2.08. The molecule has 0 atom stereocenters. The molecule has 0 saturated carbocycles. The third-order valence-electron chi connectivity index (χ3n) is 3.15. The van der Waals surface area contributed by atoms with E-state index < -0.39 is 0 Å². The van der Waals surface area contributed by atoms with Crippen molar-refractivity contribution in [2.75, 3.05) is 5.88 Å². The summed E-state index contributed by atoms with van der Waals surface area (Å²) in [6, 6.07) is 1.82. The Morgan fingerprint density at radius 3 is 2.81 bits per heavy atom. The van der Waals surface area contributed by atoms with E-state index in [0.717, 1.165) is 22.8 Å². The van der Waals surface area contributed by atoms with Crippen molar-refractivity contribution < 1.29 is 0 Å². The number of fused-ring (bicyclic) bond motifs is 1. The Bertz CT molecular complexity index is 763. The molecule has 0 amide bonds. The van der Waals surface area contributed by atoms with E-state index in [4.69, 9.17) is 23.2 Å². The largest absolute Gasteiger partial charge is 0.312 e. The minimum Gasteiger partial charge on any atom is -0.312 e. The van der Waals surface area contributed by atoms with Gasteiger partial charge in [0.2, 0.25) is 0 Å². The van der Waals surface area contributed by atoms with E-state index in [1.165, 1.54) is 0 Å². The number of hydrogen-bond donors (Lipinski definition) is 0.